The number of carbonyl (C=O) groups excluding carboxylic acids is 1. The molecule has 0 aromatic heterocycles. The number of rotatable bonds is 4. The number of piperidine rings is 1. The number of anilines is 1. The first-order chi connectivity index (χ1) is 14.0. The second-order valence-electron chi connectivity index (χ2n) is 8.57. The van der Waals surface area contributed by atoms with Crippen molar-refractivity contribution < 1.29 is 22.0 Å². The fourth-order valence-electron chi connectivity index (χ4n) is 3.46. The summed E-state index contributed by atoms with van der Waals surface area (Å²) in [7, 11) is -3.64. The Morgan fingerprint density at radius 2 is 1.63 bits per heavy atom. The van der Waals surface area contributed by atoms with Gasteiger partial charge in [-0.2, -0.15) is 4.31 Å². The van der Waals surface area contributed by atoms with Crippen molar-refractivity contribution in [3.8, 4) is 0 Å². The summed E-state index contributed by atoms with van der Waals surface area (Å²) in [6.07, 6.45) is 0.655. The number of nitrogens with one attached hydrogen (secondary N) is 1. The molecule has 30 heavy (non-hydrogen) atoms. The largest absolute Gasteiger partial charge is 0.323 e. The molecule has 3 rings (SSSR count). The van der Waals surface area contributed by atoms with E-state index in [0.29, 0.717) is 18.9 Å². The molecule has 0 atom stereocenters. The van der Waals surface area contributed by atoms with Crippen LogP contribution < -0.4 is 5.32 Å². The smallest absolute Gasteiger partial charge is 0.243 e. The SMILES string of the molecule is CC(C)(C)c1ccc(S(=O)(=O)N2CCC(C(=O)Nc3ccc(F)cc3F)CC2)cc1. The van der Waals surface area contributed by atoms with Gasteiger partial charge < -0.3 is 5.32 Å². The predicted octanol–water partition coefficient (Wildman–Crippen LogP) is 4.30. The van der Waals surface area contributed by atoms with Crippen molar-refractivity contribution in [1.82, 2.24) is 4.31 Å². The maximum Gasteiger partial charge on any atom is 0.243 e. The molecule has 1 aliphatic rings. The van der Waals surface area contributed by atoms with Gasteiger partial charge in [-0.05, 0) is 48.1 Å². The van der Waals surface area contributed by atoms with E-state index in [9.17, 15) is 22.0 Å². The highest BCUT2D eigenvalue weighted by atomic mass is 32.2. The topological polar surface area (TPSA) is 66.5 Å². The zero-order valence-corrected chi connectivity index (χ0v) is 18.1. The fourth-order valence-corrected chi connectivity index (χ4v) is 4.93. The van der Waals surface area contributed by atoms with Crippen LogP contribution in [0.4, 0.5) is 14.5 Å². The lowest BCUT2D eigenvalue weighted by atomic mass is 9.87. The van der Waals surface area contributed by atoms with Crippen LogP contribution in [-0.2, 0) is 20.2 Å². The van der Waals surface area contributed by atoms with Crippen LogP contribution >= 0.6 is 0 Å². The number of halogens is 2. The lowest BCUT2D eigenvalue weighted by Crippen LogP contribution is -2.41. The van der Waals surface area contributed by atoms with Gasteiger partial charge in [-0.3, -0.25) is 4.79 Å². The molecule has 0 bridgehead atoms. The summed E-state index contributed by atoms with van der Waals surface area (Å²) >= 11 is 0. The number of amides is 1. The van der Waals surface area contributed by atoms with Gasteiger partial charge in [0.1, 0.15) is 11.6 Å². The van der Waals surface area contributed by atoms with Gasteiger partial charge in [0.2, 0.25) is 15.9 Å². The van der Waals surface area contributed by atoms with Crippen LogP contribution in [-0.4, -0.2) is 31.7 Å². The highest BCUT2D eigenvalue weighted by Gasteiger charge is 2.32. The molecule has 0 saturated carbocycles. The van der Waals surface area contributed by atoms with Gasteiger partial charge in [-0.1, -0.05) is 32.9 Å². The Labute approximate surface area is 176 Å². The summed E-state index contributed by atoms with van der Waals surface area (Å²) in [5.41, 5.74) is 0.887. The maximum absolute atomic E-state index is 13.7. The van der Waals surface area contributed by atoms with Crippen LogP contribution in [0.5, 0.6) is 0 Å². The minimum atomic E-state index is -3.64. The molecule has 5 nitrogen and oxygen atoms in total. The standard InChI is InChI=1S/C22H26F2N2O3S/c1-22(2,3)16-4-7-18(8-5-16)30(28,29)26-12-10-15(11-13-26)21(27)25-20-9-6-17(23)14-19(20)24/h4-9,14-15H,10-13H2,1-3H3,(H,25,27). The first-order valence-electron chi connectivity index (χ1n) is 9.85. The average Bonchev–Trinajstić information content (AvgIpc) is 2.69. The third-order valence-corrected chi connectivity index (χ3v) is 7.28. The number of hydrogen-bond donors (Lipinski definition) is 1. The second kappa shape index (κ2) is 8.43. The summed E-state index contributed by atoms with van der Waals surface area (Å²) in [4.78, 5) is 12.7. The Bertz CT molecular complexity index is 1020. The monoisotopic (exact) mass is 436 g/mol. The lowest BCUT2D eigenvalue weighted by molar-refractivity contribution is -0.120. The molecule has 1 fully saturated rings. The minimum absolute atomic E-state index is 0.0714. The van der Waals surface area contributed by atoms with Crippen molar-refractivity contribution in [2.24, 2.45) is 5.92 Å². The molecule has 162 valence electrons. The van der Waals surface area contributed by atoms with E-state index in [2.05, 4.69) is 26.1 Å². The zero-order valence-electron chi connectivity index (χ0n) is 17.3. The molecule has 0 unspecified atom stereocenters. The first kappa shape index (κ1) is 22.4. The van der Waals surface area contributed by atoms with Crippen LogP contribution in [0.25, 0.3) is 0 Å². The first-order valence-corrected chi connectivity index (χ1v) is 11.3. The summed E-state index contributed by atoms with van der Waals surface area (Å²) in [5.74, 6) is -2.40. The highest BCUT2D eigenvalue weighted by Crippen LogP contribution is 2.28. The van der Waals surface area contributed by atoms with Gasteiger partial charge in [-0.15, -0.1) is 0 Å². The Morgan fingerprint density at radius 3 is 2.17 bits per heavy atom. The van der Waals surface area contributed by atoms with Gasteiger partial charge in [0, 0.05) is 25.1 Å². The van der Waals surface area contributed by atoms with Crippen LogP contribution in [0.3, 0.4) is 0 Å². The van der Waals surface area contributed by atoms with Crippen LogP contribution in [0, 0.1) is 17.6 Å². The fraction of sp³-hybridized carbons (Fsp3) is 0.409. The van der Waals surface area contributed by atoms with Gasteiger partial charge in [0.15, 0.2) is 0 Å². The van der Waals surface area contributed by atoms with Gasteiger partial charge in [-0.25, -0.2) is 17.2 Å². The molecule has 1 heterocycles. The minimum Gasteiger partial charge on any atom is -0.323 e. The number of carbonyl (C=O) groups is 1. The summed E-state index contributed by atoms with van der Waals surface area (Å²) < 4.78 is 54.0. The molecule has 0 radical (unpaired) electrons. The van der Waals surface area contributed by atoms with Crippen LogP contribution in [0.15, 0.2) is 47.4 Å². The molecular weight excluding hydrogens is 410 g/mol. The molecule has 0 aliphatic carbocycles. The van der Waals surface area contributed by atoms with E-state index >= 15 is 0 Å². The summed E-state index contributed by atoms with van der Waals surface area (Å²) in [6.45, 7) is 6.58. The molecule has 1 aliphatic heterocycles. The van der Waals surface area contributed by atoms with Crippen molar-refractivity contribution >= 4 is 21.6 Å². The number of benzene rings is 2. The molecular formula is C22H26F2N2O3S. The van der Waals surface area contributed by atoms with Crippen molar-refractivity contribution in [2.45, 2.75) is 43.9 Å². The van der Waals surface area contributed by atoms with E-state index in [4.69, 9.17) is 0 Å². The van der Waals surface area contributed by atoms with E-state index in [1.165, 1.54) is 10.4 Å². The van der Waals surface area contributed by atoms with Gasteiger partial charge >= 0.3 is 0 Å². The summed E-state index contributed by atoms with van der Waals surface area (Å²) in [5, 5.41) is 2.46. The van der Waals surface area contributed by atoms with Crippen LogP contribution in [0.2, 0.25) is 0 Å². The van der Waals surface area contributed by atoms with Gasteiger partial charge in [0.25, 0.3) is 0 Å². The van der Waals surface area contributed by atoms with Crippen molar-refractivity contribution in [3.63, 3.8) is 0 Å². The van der Waals surface area contributed by atoms with Gasteiger partial charge in [0.05, 0.1) is 10.6 Å². The third-order valence-electron chi connectivity index (χ3n) is 5.37. The second-order valence-corrected chi connectivity index (χ2v) is 10.5. The molecule has 2 aromatic carbocycles. The number of nitrogens with zero attached hydrogens (tertiary/aromatic N) is 1. The van der Waals surface area contributed by atoms with E-state index in [0.717, 1.165) is 11.6 Å². The quantitative estimate of drug-likeness (QED) is 0.777. The zero-order chi connectivity index (χ0) is 22.1. The average molecular weight is 437 g/mol. The third kappa shape index (κ3) is 4.87. The van der Waals surface area contributed by atoms with E-state index < -0.39 is 33.5 Å². The lowest BCUT2D eigenvalue weighted by Gasteiger charge is -2.30. The number of hydrogen-bond acceptors (Lipinski definition) is 3. The van der Waals surface area contributed by atoms with Crippen molar-refractivity contribution in [2.75, 3.05) is 18.4 Å². The molecule has 8 heteroatoms. The Balaban J connectivity index is 1.63. The number of sulfonamides is 1. The predicted molar refractivity (Wildman–Crippen MR) is 112 cm³/mol. The van der Waals surface area contributed by atoms with E-state index in [1.807, 2.05) is 12.1 Å². The molecule has 1 N–H and O–H groups in total. The van der Waals surface area contributed by atoms with Crippen molar-refractivity contribution in [3.05, 3.63) is 59.7 Å². The normalized spacial score (nSPS) is 16.4. The van der Waals surface area contributed by atoms with Crippen LogP contribution in [0.1, 0.15) is 39.2 Å². The Kier molecular flexibility index (Phi) is 6.29. The molecule has 2 aromatic rings. The molecule has 0 spiro atoms. The van der Waals surface area contributed by atoms with E-state index in [-0.39, 0.29) is 29.1 Å². The maximum atomic E-state index is 13.7. The van der Waals surface area contributed by atoms with Crippen molar-refractivity contribution in [1.29, 1.82) is 0 Å². The highest BCUT2D eigenvalue weighted by molar-refractivity contribution is 7.89. The van der Waals surface area contributed by atoms with E-state index in [1.54, 1.807) is 12.1 Å². The molecule has 1 saturated heterocycles. The Morgan fingerprint density at radius 1 is 1.03 bits per heavy atom. The summed E-state index contributed by atoms with van der Waals surface area (Å²) in [6, 6.07) is 9.82. The molecule has 1 amide bonds. The Hall–Kier alpha value is -2.32.